The second-order valence-electron chi connectivity index (χ2n) is 7.16. The molecule has 0 unspecified atom stereocenters. The van der Waals surface area contributed by atoms with E-state index in [4.69, 9.17) is 5.21 Å². The van der Waals surface area contributed by atoms with Gasteiger partial charge in [0.15, 0.2) is 0 Å². The first kappa shape index (κ1) is 22.2. The van der Waals surface area contributed by atoms with Crippen LogP contribution in [0.25, 0.3) is 11.6 Å². The maximum absolute atomic E-state index is 13.6. The molecule has 0 aliphatic carbocycles. The van der Waals surface area contributed by atoms with E-state index >= 15 is 0 Å². The third kappa shape index (κ3) is 4.98. The number of halogens is 1. The molecule has 2 heterocycles. The number of aromatic amines is 1. The lowest BCUT2D eigenvalue weighted by molar-refractivity contribution is -0.129. The van der Waals surface area contributed by atoms with Gasteiger partial charge in [-0.1, -0.05) is 0 Å². The molecule has 0 fully saturated rings. The molecule has 0 atom stereocenters. The zero-order valence-corrected chi connectivity index (χ0v) is 17.2. The van der Waals surface area contributed by atoms with Gasteiger partial charge >= 0.3 is 0 Å². The van der Waals surface area contributed by atoms with Gasteiger partial charge in [0.1, 0.15) is 5.82 Å². The molecule has 3 rings (SSSR count). The first-order valence-electron chi connectivity index (χ1n) is 9.75. The molecule has 1 aliphatic rings. The minimum absolute atomic E-state index is 0.124. The molecule has 164 valence electrons. The lowest BCUT2D eigenvalue weighted by atomic mass is 10.0. The number of nitrogens with one attached hydrogen (secondary N) is 5. The third-order valence-corrected chi connectivity index (χ3v) is 5.00. The average Bonchev–Trinajstić information content (AvgIpc) is 3.19. The summed E-state index contributed by atoms with van der Waals surface area (Å²) >= 11 is 0. The summed E-state index contributed by atoms with van der Waals surface area (Å²) in [6.07, 6.45) is 1.74. The van der Waals surface area contributed by atoms with Crippen LogP contribution in [-0.2, 0) is 9.59 Å². The molecule has 1 aromatic heterocycles. The number of hydroxylamine groups is 1. The Balaban J connectivity index is 1.68. The first-order valence-corrected chi connectivity index (χ1v) is 9.75. The molecule has 9 nitrogen and oxygen atoms in total. The molecule has 6 N–H and O–H groups in total. The lowest BCUT2D eigenvalue weighted by Crippen LogP contribution is -2.33. The first-order chi connectivity index (χ1) is 14.8. The number of fused-ring (bicyclic) bond motifs is 1. The molecule has 31 heavy (non-hydrogen) atoms. The number of carbonyl (C=O) groups is 3. The minimum Gasteiger partial charge on any atom is -0.358 e. The SMILES string of the molecule is Cc1[nH]c(/C=C2\C(=O)Nc3ccc(F)cc32)c(C)c1C(=O)NCCNCCC(=O)NO. The number of rotatable bonds is 8. The summed E-state index contributed by atoms with van der Waals surface area (Å²) in [6, 6.07) is 4.10. The minimum atomic E-state index is -0.488. The van der Waals surface area contributed by atoms with Crippen LogP contribution in [-0.4, -0.2) is 47.5 Å². The Kier molecular flexibility index (Phi) is 6.83. The van der Waals surface area contributed by atoms with Crippen LogP contribution < -0.4 is 21.4 Å². The van der Waals surface area contributed by atoms with Crippen molar-refractivity contribution < 1.29 is 24.0 Å². The number of aryl methyl sites for hydroxylation is 1. The van der Waals surface area contributed by atoms with Gasteiger partial charge in [0, 0.05) is 48.7 Å². The fourth-order valence-electron chi connectivity index (χ4n) is 3.44. The summed E-state index contributed by atoms with van der Waals surface area (Å²) in [5.74, 6) is -1.53. The van der Waals surface area contributed by atoms with Crippen LogP contribution in [0.3, 0.4) is 0 Å². The van der Waals surface area contributed by atoms with E-state index in [1.54, 1.807) is 25.4 Å². The highest BCUT2D eigenvalue weighted by Crippen LogP contribution is 2.34. The predicted molar refractivity (Wildman–Crippen MR) is 113 cm³/mol. The summed E-state index contributed by atoms with van der Waals surface area (Å²) in [7, 11) is 0. The maximum atomic E-state index is 13.6. The summed E-state index contributed by atoms with van der Waals surface area (Å²) in [4.78, 5) is 39.0. The Hall–Kier alpha value is -3.50. The van der Waals surface area contributed by atoms with E-state index in [1.807, 2.05) is 0 Å². The largest absolute Gasteiger partial charge is 0.358 e. The van der Waals surface area contributed by atoms with Crippen molar-refractivity contribution in [3.05, 3.63) is 52.1 Å². The molecule has 0 bridgehead atoms. The molecule has 0 saturated heterocycles. The lowest BCUT2D eigenvalue weighted by Gasteiger charge is -2.07. The topological polar surface area (TPSA) is 135 Å². The van der Waals surface area contributed by atoms with Gasteiger partial charge in [-0.05, 0) is 43.7 Å². The van der Waals surface area contributed by atoms with Crippen molar-refractivity contribution in [2.45, 2.75) is 20.3 Å². The van der Waals surface area contributed by atoms with Crippen LogP contribution in [0.2, 0.25) is 0 Å². The molecule has 1 aromatic carbocycles. The molecule has 2 aromatic rings. The Labute approximate surface area is 178 Å². The highest BCUT2D eigenvalue weighted by molar-refractivity contribution is 6.34. The molecular weight excluding hydrogens is 405 g/mol. The number of H-pyrrole nitrogens is 1. The van der Waals surface area contributed by atoms with Crippen molar-refractivity contribution in [1.29, 1.82) is 0 Å². The Morgan fingerprint density at radius 3 is 2.71 bits per heavy atom. The predicted octanol–water partition coefficient (Wildman–Crippen LogP) is 1.48. The molecule has 10 heteroatoms. The van der Waals surface area contributed by atoms with Crippen LogP contribution in [0.1, 0.15) is 39.3 Å². The van der Waals surface area contributed by atoms with Gasteiger partial charge in [0.25, 0.3) is 11.8 Å². The Morgan fingerprint density at radius 2 is 1.97 bits per heavy atom. The van der Waals surface area contributed by atoms with E-state index in [9.17, 15) is 18.8 Å². The van der Waals surface area contributed by atoms with E-state index in [2.05, 4.69) is 20.9 Å². The quantitative estimate of drug-likeness (QED) is 0.164. The highest BCUT2D eigenvalue weighted by Gasteiger charge is 2.26. The molecule has 0 saturated carbocycles. The van der Waals surface area contributed by atoms with Gasteiger partial charge in [-0.3, -0.25) is 19.6 Å². The number of hydrogen-bond donors (Lipinski definition) is 6. The number of aromatic nitrogens is 1. The van der Waals surface area contributed by atoms with E-state index in [1.165, 1.54) is 18.2 Å². The second kappa shape index (κ2) is 9.54. The smallest absolute Gasteiger partial charge is 0.256 e. The molecule has 0 radical (unpaired) electrons. The number of amides is 3. The van der Waals surface area contributed by atoms with Gasteiger partial charge in [0.2, 0.25) is 5.91 Å². The van der Waals surface area contributed by atoms with Crippen LogP contribution >= 0.6 is 0 Å². The monoisotopic (exact) mass is 429 g/mol. The fraction of sp³-hybridized carbons (Fsp3) is 0.286. The highest BCUT2D eigenvalue weighted by atomic mass is 19.1. The van der Waals surface area contributed by atoms with Gasteiger partial charge in [-0.25, -0.2) is 9.87 Å². The number of benzene rings is 1. The third-order valence-electron chi connectivity index (χ3n) is 5.00. The summed E-state index contributed by atoms with van der Waals surface area (Å²) < 4.78 is 13.6. The van der Waals surface area contributed by atoms with E-state index in [-0.39, 0.29) is 18.2 Å². The van der Waals surface area contributed by atoms with Crippen molar-refractivity contribution >= 4 is 35.1 Å². The summed E-state index contributed by atoms with van der Waals surface area (Å²) in [5.41, 5.74) is 5.28. The number of carbonyl (C=O) groups excluding carboxylic acids is 3. The van der Waals surface area contributed by atoms with Crippen LogP contribution in [0.15, 0.2) is 18.2 Å². The summed E-state index contributed by atoms with van der Waals surface area (Å²) in [5, 5.41) is 16.9. The van der Waals surface area contributed by atoms with Crippen LogP contribution in [0.5, 0.6) is 0 Å². The zero-order valence-electron chi connectivity index (χ0n) is 17.2. The van der Waals surface area contributed by atoms with Crippen LogP contribution in [0, 0.1) is 19.7 Å². The van der Waals surface area contributed by atoms with Gasteiger partial charge in [-0.15, -0.1) is 0 Å². The standard InChI is InChI=1S/C21H24FN5O4/c1-11-17(10-15-14-9-13(22)3-4-16(14)26-20(15)29)25-12(2)19(11)21(30)24-8-7-23-6-5-18(28)27-31/h3-4,9-10,23,25,31H,5-8H2,1-2H3,(H,24,30)(H,26,29)(H,27,28)/b15-10-. The maximum Gasteiger partial charge on any atom is 0.256 e. The van der Waals surface area contributed by atoms with Crippen molar-refractivity contribution in [3.63, 3.8) is 0 Å². The van der Waals surface area contributed by atoms with E-state index < -0.39 is 11.7 Å². The average molecular weight is 429 g/mol. The van der Waals surface area contributed by atoms with Gasteiger partial charge in [-0.2, -0.15) is 0 Å². The normalized spacial score (nSPS) is 13.8. The van der Waals surface area contributed by atoms with E-state index in [0.29, 0.717) is 59.0 Å². The van der Waals surface area contributed by atoms with Crippen LogP contribution in [0.4, 0.5) is 10.1 Å². The fourth-order valence-corrected chi connectivity index (χ4v) is 3.44. The van der Waals surface area contributed by atoms with Crippen molar-refractivity contribution in [2.24, 2.45) is 0 Å². The number of anilines is 1. The van der Waals surface area contributed by atoms with Crippen molar-refractivity contribution in [1.82, 2.24) is 21.1 Å². The van der Waals surface area contributed by atoms with Crippen molar-refractivity contribution in [3.8, 4) is 0 Å². The molecule has 0 spiro atoms. The molecular formula is C21H24FN5O4. The Bertz CT molecular complexity index is 1060. The number of hydrogen-bond acceptors (Lipinski definition) is 5. The molecule has 3 amide bonds. The Morgan fingerprint density at radius 1 is 1.19 bits per heavy atom. The van der Waals surface area contributed by atoms with Crippen molar-refractivity contribution in [2.75, 3.05) is 25.0 Å². The summed E-state index contributed by atoms with van der Waals surface area (Å²) in [6.45, 7) is 4.70. The van der Waals surface area contributed by atoms with Gasteiger partial charge < -0.3 is 20.9 Å². The van der Waals surface area contributed by atoms with Gasteiger partial charge in [0.05, 0.1) is 11.1 Å². The van der Waals surface area contributed by atoms with E-state index in [0.717, 1.165) is 0 Å². The molecule has 1 aliphatic heterocycles. The second-order valence-corrected chi connectivity index (χ2v) is 7.16. The zero-order chi connectivity index (χ0) is 22.5.